The number of β-amino-alcohol motifs (C(OH)–C–C–N with tert-alkyl or cyclic N) is 1. The zero-order valence-corrected chi connectivity index (χ0v) is 11.7. The Balaban J connectivity index is 2.07. The molecule has 1 saturated heterocycles. The van der Waals surface area contributed by atoms with E-state index in [-0.39, 0.29) is 12.3 Å². The standard InChI is InChI=1S/C14H18ClNO3/c1-19-13-5-4-11(15)7-10(13)8-14(18)16-6-2-3-12(17)9-16/h4-5,7,12,17H,2-3,6,8-9H2,1H3/t12-/m1/s1. The molecule has 0 radical (unpaired) electrons. The summed E-state index contributed by atoms with van der Waals surface area (Å²) in [7, 11) is 1.57. The number of benzene rings is 1. The summed E-state index contributed by atoms with van der Waals surface area (Å²) < 4.78 is 5.23. The van der Waals surface area contributed by atoms with E-state index in [0.717, 1.165) is 18.4 Å². The number of ether oxygens (including phenoxy) is 1. The summed E-state index contributed by atoms with van der Waals surface area (Å²) >= 11 is 5.95. The van der Waals surface area contributed by atoms with E-state index in [0.29, 0.717) is 23.9 Å². The van der Waals surface area contributed by atoms with Gasteiger partial charge in [-0.3, -0.25) is 4.79 Å². The van der Waals surface area contributed by atoms with Gasteiger partial charge >= 0.3 is 0 Å². The molecule has 0 unspecified atom stereocenters. The molecular weight excluding hydrogens is 266 g/mol. The molecule has 19 heavy (non-hydrogen) atoms. The number of aliphatic hydroxyl groups is 1. The van der Waals surface area contributed by atoms with E-state index in [2.05, 4.69) is 0 Å². The van der Waals surface area contributed by atoms with Gasteiger partial charge in [0.2, 0.25) is 5.91 Å². The summed E-state index contributed by atoms with van der Waals surface area (Å²) in [5.41, 5.74) is 0.778. The van der Waals surface area contributed by atoms with Crippen LogP contribution < -0.4 is 4.74 Å². The van der Waals surface area contributed by atoms with Gasteiger partial charge in [0, 0.05) is 23.7 Å². The molecule has 1 aromatic rings. The highest BCUT2D eigenvalue weighted by molar-refractivity contribution is 6.30. The van der Waals surface area contributed by atoms with Crippen LogP contribution in [0.1, 0.15) is 18.4 Å². The lowest BCUT2D eigenvalue weighted by molar-refractivity contribution is -0.133. The van der Waals surface area contributed by atoms with E-state index in [4.69, 9.17) is 16.3 Å². The Morgan fingerprint density at radius 1 is 1.58 bits per heavy atom. The monoisotopic (exact) mass is 283 g/mol. The van der Waals surface area contributed by atoms with Gasteiger partial charge in [-0.25, -0.2) is 0 Å². The summed E-state index contributed by atoms with van der Waals surface area (Å²) in [5.74, 6) is 0.662. The van der Waals surface area contributed by atoms with Crippen LogP contribution in [0.25, 0.3) is 0 Å². The minimum atomic E-state index is -0.404. The van der Waals surface area contributed by atoms with Crippen molar-refractivity contribution in [3.63, 3.8) is 0 Å². The Morgan fingerprint density at radius 3 is 3.05 bits per heavy atom. The van der Waals surface area contributed by atoms with E-state index in [9.17, 15) is 9.90 Å². The highest BCUT2D eigenvalue weighted by Crippen LogP contribution is 2.24. The molecule has 0 saturated carbocycles. The molecule has 1 aromatic carbocycles. The Bertz CT molecular complexity index is 464. The van der Waals surface area contributed by atoms with Crippen molar-refractivity contribution in [3.8, 4) is 5.75 Å². The average Bonchev–Trinajstić information content (AvgIpc) is 2.39. The average molecular weight is 284 g/mol. The molecule has 1 heterocycles. The smallest absolute Gasteiger partial charge is 0.227 e. The van der Waals surface area contributed by atoms with Crippen molar-refractivity contribution >= 4 is 17.5 Å². The van der Waals surface area contributed by atoms with Crippen molar-refractivity contribution in [2.24, 2.45) is 0 Å². The predicted molar refractivity (Wildman–Crippen MR) is 73.5 cm³/mol. The second kappa shape index (κ2) is 6.26. The van der Waals surface area contributed by atoms with Crippen molar-refractivity contribution in [3.05, 3.63) is 28.8 Å². The second-order valence-corrected chi connectivity index (χ2v) is 5.21. The number of amides is 1. The molecule has 0 aliphatic carbocycles. The van der Waals surface area contributed by atoms with Crippen LogP contribution in [0, 0.1) is 0 Å². The molecule has 1 aliphatic heterocycles. The van der Waals surface area contributed by atoms with Gasteiger partial charge < -0.3 is 14.7 Å². The van der Waals surface area contributed by atoms with Gasteiger partial charge in [0.15, 0.2) is 0 Å². The fourth-order valence-electron chi connectivity index (χ4n) is 2.34. The molecule has 0 bridgehead atoms. The van der Waals surface area contributed by atoms with E-state index < -0.39 is 6.10 Å². The number of nitrogens with zero attached hydrogens (tertiary/aromatic N) is 1. The number of aliphatic hydroxyl groups excluding tert-OH is 1. The first-order valence-corrected chi connectivity index (χ1v) is 6.76. The van der Waals surface area contributed by atoms with Crippen LogP contribution in [-0.4, -0.2) is 42.2 Å². The molecule has 0 spiro atoms. The number of rotatable bonds is 3. The number of carbonyl (C=O) groups is 1. The minimum Gasteiger partial charge on any atom is -0.496 e. The fraction of sp³-hybridized carbons (Fsp3) is 0.500. The second-order valence-electron chi connectivity index (χ2n) is 4.77. The van der Waals surface area contributed by atoms with Crippen LogP contribution in [0.2, 0.25) is 5.02 Å². The number of hydrogen-bond acceptors (Lipinski definition) is 3. The molecular formula is C14H18ClNO3. The van der Waals surface area contributed by atoms with Crippen LogP contribution in [0.5, 0.6) is 5.75 Å². The first-order chi connectivity index (χ1) is 9.10. The Kier molecular flexibility index (Phi) is 4.66. The fourth-order valence-corrected chi connectivity index (χ4v) is 2.54. The van der Waals surface area contributed by atoms with Crippen LogP contribution in [0.4, 0.5) is 0 Å². The third-order valence-electron chi connectivity index (χ3n) is 3.33. The largest absolute Gasteiger partial charge is 0.496 e. The first kappa shape index (κ1) is 14.2. The van der Waals surface area contributed by atoms with Gasteiger partial charge in [0.05, 0.1) is 19.6 Å². The van der Waals surface area contributed by atoms with Crippen LogP contribution >= 0.6 is 11.6 Å². The van der Waals surface area contributed by atoms with Gasteiger partial charge in [-0.05, 0) is 31.0 Å². The molecule has 1 fully saturated rings. The van der Waals surface area contributed by atoms with E-state index in [1.165, 1.54) is 0 Å². The van der Waals surface area contributed by atoms with Crippen molar-refractivity contribution in [2.45, 2.75) is 25.4 Å². The molecule has 1 N–H and O–H groups in total. The zero-order chi connectivity index (χ0) is 13.8. The van der Waals surface area contributed by atoms with Crippen LogP contribution in [0.15, 0.2) is 18.2 Å². The molecule has 5 heteroatoms. The Hall–Kier alpha value is -1.26. The molecule has 4 nitrogen and oxygen atoms in total. The van der Waals surface area contributed by atoms with Crippen molar-refractivity contribution in [1.82, 2.24) is 4.90 Å². The first-order valence-electron chi connectivity index (χ1n) is 6.38. The lowest BCUT2D eigenvalue weighted by Crippen LogP contribution is -2.42. The number of methoxy groups -OCH3 is 1. The normalized spacial score (nSPS) is 19.3. The number of hydrogen-bond donors (Lipinski definition) is 1. The zero-order valence-electron chi connectivity index (χ0n) is 10.9. The number of carbonyl (C=O) groups excluding carboxylic acids is 1. The predicted octanol–water partition coefficient (Wildman–Crippen LogP) is 1.87. The lowest BCUT2D eigenvalue weighted by atomic mass is 10.1. The summed E-state index contributed by atoms with van der Waals surface area (Å²) in [5, 5.41) is 10.2. The summed E-state index contributed by atoms with van der Waals surface area (Å²) in [6, 6.07) is 5.24. The number of piperidine rings is 1. The van der Waals surface area contributed by atoms with E-state index in [1.54, 1.807) is 30.2 Å². The van der Waals surface area contributed by atoms with E-state index in [1.807, 2.05) is 0 Å². The third-order valence-corrected chi connectivity index (χ3v) is 3.57. The van der Waals surface area contributed by atoms with Gasteiger partial charge in [-0.2, -0.15) is 0 Å². The van der Waals surface area contributed by atoms with Gasteiger partial charge in [-0.15, -0.1) is 0 Å². The maximum absolute atomic E-state index is 12.2. The highest BCUT2D eigenvalue weighted by atomic mass is 35.5. The maximum Gasteiger partial charge on any atom is 0.227 e. The summed E-state index contributed by atoms with van der Waals surface area (Å²) in [4.78, 5) is 13.9. The van der Waals surface area contributed by atoms with Gasteiger partial charge in [0.1, 0.15) is 5.75 Å². The van der Waals surface area contributed by atoms with Crippen LogP contribution in [-0.2, 0) is 11.2 Å². The molecule has 2 rings (SSSR count). The van der Waals surface area contributed by atoms with Crippen molar-refractivity contribution in [2.75, 3.05) is 20.2 Å². The number of halogens is 1. The third kappa shape index (κ3) is 3.61. The van der Waals surface area contributed by atoms with Gasteiger partial charge in [-0.1, -0.05) is 11.6 Å². The van der Waals surface area contributed by atoms with Crippen molar-refractivity contribution < 1.29 is 14.6 Å². The molecule has 1 aliphatic rings. The Labute approximate surface area is 117 Å². The highest BCUT2D eigenvalue weighted by Gasteiger charge is 2.22. The topological polar surface area (TPSA) is 49.8 Å². The molecule has 104 valence electrons. The molecule has 1 atom stereocenters. The quantitative estimate of drug-likeness (QED) is 0.921. The van der Waals surface area contributed by atoms with Crippen LogP contribution in [0.3, 0.4) is 0 Å². The van der Waals surface area contributed by atoms with E-state index >= 15 is 0 Å². The molecule has 1 amide bonds. The van der Waals surface area contributed by atoms with Crippen molar-refractivity contribution in [1.29, 1.82) is 0 Å². The van der Waals surface area contributed by atoms with Gasteiger partial charge in [0.25, 0.3) is 0 Å². The maximum atomic E-state index is 12.2. The summed E-state index contributed by atoms with van der Waals surface area (Å²) in [6.45, 7) is 1.13. The Morgan fingerprint density at radius 2 is 2.37 bits per heavy atom. The summed E-state index contributed by atoms with van der Waals surface area (Å²) in [6.07, 6.45) is 1.46. The minimum absolute atomic E-state index is 0.000633. The SMILES string of the molecule is COc1ccc(Cl)cc1CC(=O)N1CCC[C@@H](O)C1. The molecule has 0 aromatic heterocycles. The number of likely N-dealkylation sites (tertiary alicyclic amines) is 1. The lowest BCUT2D eigenvalue weighted by Gasteiger charge is -2.30.